The fourth-order valence-electron chi connectivity index (χ4n) is 1.89. The van der Waals surface area contributed by atoms with Gasteiger partial charge in [0, 0.05) is 11.4 Å². The number of fused-ring (bicyclic) bond motifs is 1. The zero-order chi connectivity index (χ0) is 9.80. The smallest absolute Gasteiger partial charge is 0.107 e. The third-order valence-corrected chi connectivity index (χ3v) is 3.82. The van der Waals surface area contributed by atoms with Crippen LogP contribution < -0.4 is 5.32 Å². The van der Waals surface area contributed by atoms with Crippen LogP contribution in [0.3, 0.4) is 0 Å². The van der Waals surface area contributed by atoms with E-state index >= 15 is 0 Å². The van der Waals surface area contributed by atoms with Crippen molar-refractivity contribution in [3.63, 3.8) is 0 Å². The van der Waals surface area contributed by atoms with Crippen LogP contribution in [0.5, 0.6) is 0 Å². The Morgan fingerprint density at radius 1 is 1.29 bits per heavy atom. The van der Waals surface area contributed by atoms with Crippen LogP contribution in [-0.2, 0) is 19.4 Å². The molecule has 1 heterocycles. The zero-order valence-corrected chi connectivity index (χ0v) is 9.62. The van der Waals surface area contributed by atoms with Gasteiger partial charge >= 0.3 is 0 Å². The van der Waals surface area contributed by atoms with Gasteiger partial charge in [-0.1, -0.05) is 13.3 Å². The average Bonchev–Trinajstić information content (AvgIpc) is 2.46. The fraction of sp³-hybridized carbons (Fsp3) is 0.727. The lowest BCUT2D eigenvalue weighted by Crippen LogP contribution is -2.11. The maximum atomic E-state index is 4.70. The van der Waals surface area contributed by atoms with Gasteiger partial charge in [0.25, 0.3) is 0 Å². The zero-order valence-electron chi connectivity index (χ0n) is 8.81. The van der Waals surface area contributed by atoms with Gasteiger partial charge in [-0.05, 0) is 32.2 Å². The minimum absolute atomic E-state index is 0.953. The summed E-state index contributed by atoms with van der Waals surface area (Å²) >= 11 is 1.91. The van der Waals surface area contributed by atoms with Crippen molar-refractivity contribution in [1.29, 1.82) is 0 Å². The van der Waals surface area contributed by atoms with Crippen molar-refractivity contribution in [3.05, 3.63) is 15.6 Å². The molecule has 1 aromatic heterocycles. The Balaban J connectivity index is 2.06. The van der Waals surface area contributed by atoms with Crippen molar-refractivity contribution in [1.82, 2.24) is 10.3 Å². The number of rotatable bonds is 3. The number of nitrogens with one attached hydrogen (secondary N) is 1. The second-order valence-corrected chi connectivity index (χ2v) is 4.99. The quantitative estimate of drug-likeness (QED) is 0.775. The van der Waals surface area contributed by atoms with E-state index in [9.17, 15) is 0 Å². The number of hydrogen-bond donors (Lipinski definition) is 1. The normalized spacial score (nSPS) is 16.4. The molecule has 0 unspecified atom stereocenters. The predicted molar refractivity (Wildman–Crippen MR) is 60.8 cm³/mol. The first-order valence-electron chi connectivity index (χ1n) is 5.58. The second kappa shape index (κ2) is 4.89. The van der Waals surface area contributed by atoms with Gasteiger partial charge in [-0.2, -0.15) is 0 Å². The number of hydrogen-bond acceptors (Lipinski definition) is 3. The predicted octanol–water partition coefficient (Wildman–Crippen LogP) is 2.52. The monoisotopic (exact) mass is 210 g/mol. The molecule has 0 atom stereocenters. The van der Waals surface area contributed by atoms with Gasteiger partial charge in [-0.3, -0.25) is 0 Å². The van der Waals surface area contributed by atoms with E-state index in [1.165, 1.54) is 42.8 Å². The Morgan fingerprint density at radius 3 is 3.00 bits per heavy atom. The maximum Gasteiger partial charge on any atom is 0.107 e. The standard InChI is InChI=1S/C11H18N2S/c1-2-12-8-11-13-9-6-4-3-5-7-10(9)14-11/h12H,2-8H2,1H3. The molecule has 3 heteroatoms. The summed E-state index contributed by atoms with van der Waals surface area (Å²) in [4.78, 5) is 6.26. The van der Waals surface area contributed by atoms with Crippen LogP contribution in [0.4, 0.5) is 0 Å². The van der Waals surface area contributed by atoms with E-state index in [-0.39, 0.29) is 0 Å². The summed E-state index contributed by atoms with van der Waals surface area (Å²) in [7, 11) is 0. The molecule has 2 nitrogen and oxygen atoms in total. The third kappa shape index (κ3) is 2.34. The molecule has 0 aromatic carbocycles. The Labute approximate surface area is 89.8 Å². The highest BCUT2D eigenvalue weighted by atomic mass is 32.1. The molecule has 0 bridgehead atoms. The molecule has 14 heavy (non-hydrogen) atoms. The maximum absolute atomic E-state index is 4.70. The molecule has 0 aliphatic heterocycles. The SMILES string of the molecule is CCNCc1nc2c(s1)CCCCC2. The molecular formula is C11H18N2S. The van der Waals surface area contributed by atoms with Crippen molar-refractivity contribution < 1.29 is 0 Å². The highest BCUT2D eigenvalue weighted by Crippen LogP contribution is 2.25. The number of nitrogens with zero attached hydrogens (tertiary/aromatic N) is 1. The van der Waals surface area contributed by atoms with E-state index in [2.05, 4.69) is 12.2 Å². The van der Waals surface area contributed by atoms with Crippen LogP contribution in [0.1, 0.15) is 41.8 Å². The van der Waals surface area contributed by atoms with Crippen LogP contribution in [0.2, 0.25) is 0 Å². The van der Waals surface area contributed by atoms with E-state index in [0.29, 0.717) is 0 Å². The summed E-state index contributed by atoms with van der Waals surface area (Å²) in [6.45, 7) is 4.12. The van der Waals surface area contributed by atoms with E-state index in [0.717, 1.165) is 13.1 Å². The summed E-state index contributed by atoms with van der Waals surface area (Å²) in [6.07, 6.45) is 6.54. The lowest BCUT2D eigenvalue weighted by molar-refractivity contribution is 0.699. The highest BCUT2D eigenvalue weighted by molar-refractivity contribution is 7.11. The lowest BCUT2D eigenvalue weighted by Gasteiger charge is -1.96. The first-order valence-corrected chi connectivity index (χ1v) is 6.40. The van der Waals surface area contributed by atoms with Gasteiger partial charge < -0.3 is 5.32 Å². The molecule has 1 aliphatic rings. The first kappa shape index (κ1) is 10.1. The van der Waals surface area contributed by atoms with Crippen molar-refractivity contribution in [2.24, 2.45) is 0 Å². The molecule has 78 valence electrons. The van der Waals surface area contributed by atoms with Crippen LogP contribution in [-0.4, -0.2) is 11.5 Å². The summed E-state index contributed by atoms with van der Waals surface area (Å²) in [6, 6.07) is 0. The number of aromatic nitrogens is 1. The number of aryl methyl sites for hydroxylation is 2. The molecule has 1 aromatic rings. The molecule has 0 radical (unpaired) electrons. The summed E-state index contributed by atoms with van der Waals surface area (Å²) < 4.78 is 0. The molecule has 2 rings (SSSR count). The fourth-order valence-corrected chi connectivity index (χ4v) is 3.02. The second-order valence-electron chi connectivity index (χ2n) is 3.82. The summed E-state index contributed by atoms with van der Waals surface area (Å²) in [5.74, 6) is 0. The molecule has 1 aliphatic carbocycles. The van der Waals surface area contributed by atoms with Crippen LogP contribution in [0, 0.1) is 0 Å². The van der Waals surface area contributed by atoms with E-state index in [1.807, 2.05) is 11.3 Å². The van der Waals surface area contributed by atoms with Gasteiger partial charge in [0.05, 0.1) is 5.69 Å². The Hall–Kier alpha value is -0.410. The van der Waals surface area contributed by atoms with E-state index in [4.69, 9.17) is 4.98 Å². The van der Waals surface area contributed by atoms with E-state index in [1.54, 1.807) is 4.88 Å². The van der Waals surface area contributed by atoms with Gasteiger partial charge in [0.15, 0.2) is 0 Å². The van der Waals surface area contributed by atoms with Crippen LogP contribution >= 0.6 is 11.3 Å². The molecule has 0 amide bonds. The van der Waals surface area contributed by atoms with Crippen molar-refractivity contribution in [2.45, 2.75) is 45.6 Å². The molecule has 0 saturated carbocycles. The molecule has 1 N–H and O–H groups in total. The minimum atomic E-state index is 0.953. The average molecular weight is 210 g/mol. The van der Waals surface area contributed by atoms with E-state index < -0.39 is 0 Å². The molecule has 0 spiro atoms. The van der Waals surface area contributed by atoms with Gasteiger partial charge in [0.2, 0.25) is 0 Å². The van der Waals surface area contributed by atoms with Crippen molar-refractivity contribution >= 4 is 11.3 Å². The van der Waals surface area contributed by atoms with Gasteiger partial charge in [-0.25, -0.2) is 4.98 Å². The van der Waals surface area contributed by atoms with Crippen LogP contribution in [0.15, 0.2) is 0 Å². The first-order chi connectivity index (χ1) is 6.90. The lowest BCUT2D eigenvalue weighted by atomic mass is 10.2. The Morgan fingerprint density at radius 2 is 2.14 bits per heavy atom. The van der Waals surface area contributed by atoms with Gasteiger partial charge in [-0.15, -0.1) is 11.3 Å². The third-order valence-electron chi connectivity index (χ3n) is 2.67. The topological polar surface area (TPSA) is 24.9 Å². The molecule has 0 fully saturated rings. The molecular weight excluding hydrogens is 192 g/mol. The molecule has 0 saturated heterocycles. The van der Waals surface area contributed by atoms with Crippen molar-refractivity contribution in [2.75, 3.05) is 6.54 Å². The Kier molecular flexibility index (Phi) is 3.54. The van der Waals surface area contributed by atoms with Crippen LogP contribution in [0.25, 0.3) is 0 Å². The minimum Gasteiger partial charge on any atom is -0.311 e. The summed E-state index contributed by atoms with van der Waals surface area (Å²) in [5, 5.41) is 4.61. The number of thiazole rings is 1. The highest BCUT2D eigenvalue weighted by Gasteiger charge is 2.13. The Bertz CT molecular complexity index is 270. The summed E-state index contributed by atoms with van der Waals surface area (Å²) in [5.41, 5.74) is 1.39. The van der Waals surface area contributed by atoms with Crippen molar-refractivity contribution in [3.8, 4) is 0 Å². The largest absolute Gasteiger partial charge is 0.311 e. The van der Waals surface area contributed by atoms with Gasteiger partial charge in [0.1, 0.15) is 5.01 Å².